The number of benzene rings is 1. The van der Waals surface area contributed by atoms with Crippen molar-refractivity contribution < 1.29 is 4.79 Å². The average Bonchev–Trinajstić information content (AvgIpc) is 2.90. The highest BCUT2D eigenvalue weighted by Crippen LogP contribution is 2.26. The van der Waals surface area contributed by atoms with Gasteiger partial charge in [0.05, 0.1) is 0 Å². The zero-order chi connectivity index (χ0) is 17.0. The van der Waals surface area contributed by atoms with Crippen molar-refractivity contribution in [2.75, 3.05) is 0 Å². The van der Waals surface area contributed by atoms with Crippen molar-refractivity contribution in [3.8, 4) is 0 Å². The van der Waals surface area contributed by atoms with Gasteiger partial charge in [-0.3, -0.25) is 4.79 Å². The maximum absolute atomic E-state index is 12.0. The number of carbonyl (C=O) groups is 1. The molecule has 0 bridgehead atoms. The van der Waals surface area contributed by atoms with Crippen LogP contribution in [0.15, 0.2) is 48.8 Å². The summed E-state index contributed by atoms with van der Waals surface area (Å²) < 4.78 is 1.93. The van der Waals surface area contributed by atoms with E-state index in [2.05, 4.69) is 55.3 Å². The van der Waals surface area contributed by atoms with Gasteiger partial charge in [-0.25, -0.2) is 4.98 Å². The van der Waals surface area contributed by atoms with Crippen LogP contribution < -0.4 is 5.32 Å². The van der Waals surface area contributed by atoms with Crippen molar-refractivity contribution in [3.05, 3.63) is 65.8 Å². The molecule has 0 saturated heterocycles. The molecular weight excluding hydrogens is 286 g/mol. The molecule has 0 fully saturated rings. The first-order chi connectivity index (χ1) is 10.8. The van der Waals surface area contributed by atoms with E-state index in [-0.39, 0.29) is 17.4 Å². The van der Waals surface area contributed by atoms with Crippen molar-refractivity contribution >= 4 is 5.91 Å². The van der Waals surface area contributed by atoms with Crippen LogP contribution in [0.4, 0.5) is 0 Å². The second-order valence-corrected chi connectivity index (χ2v) is 6.71. The van der Waals surface area contributed by atoms with Crippen LogP contribution in [-0.4, -0.2) is 15.5 Å². The van der Waals surface area contributed by atoms with Gasteiger partial charge in [-0.2, -0.15) is 0 Å². The molecule has 1 amide bonds. The van der Waals surface area contributed by atoms with Crippen molar-refractivity contribution in [2.45, 2.75) is 39.2 Å². The molecular formula is C19H25N3O. The first-order valence-corrected chi connectivity index (χ1v) is 7.84. The molecule has 1 aromatic carbocycles. The fraction of sp³-hybridized carbons (Fsp3) is 0.368. The monoisotopic (exact) mass is 311 g/mol. The van der Waals surface area contributed by atoms with Crippen LogP contribution in [0.25, 0.3) is 0 Å². The Morgan fingerprint density at radius 1 is 1.26 bits per heavy atom. The summed E-state index contributed by atoms with van der Waals surface area (Å²) in [7, 11) is 1.93. The van der Waals surface area contributed by atoms with E-state index in [1.54, 1.807) is 12.3 Å². The summed E-state index contributed by atoms with van der Waals surface area (Å²) in [6, 6.07) is 8.10. The molecule has 2 aromatic rings. The van der Waals surface area contributed by atoms with E-state index in [1.807, 2.05) is 24.7 Å². The molecule has 1 N–H and O–H groups in total. The molecule has 0 saturated carbocycles. The third-order valence-corrected chi connectivity index (χ3v) is 3.83. The number of hydrogen-bond donors (Lipinski definition) is 1. The third-order valence-electron chi connectivity index (χ3n) is 3.83. The van der Waals surface area contributed by atoms with Gasteiger partial charge in [0.25, 0.3) is 0 Å². The normalized spacial score (nSPS) is 13.3. The lowest BCUT2D eigenvalue weighted by molar-refractivity contribution is -0.117. The number of allylic oxidation sites excluding steroid dienone is 1. The second-order valence-electron chi connectivity index (χ2n) is 6.71. The molecule has 0 spiro atoms. The molecule has 23 heavy (non-hydrogen) atoms. The summed E-state index contributed by atoms with van der Waals surface area (Å²) in [5, 5.41) is 3.03. The van der Waals surface area contributed by atoms with Gasteiger partial charge in [0.1, 0.15) is 11.9 Å². The molecule has 0 aliphatic rings. The van der Waals surface area contributed by atoms with E-state index in [1.165, 1.54) is 11.6 Å². The second kappa shape index (κ2) is 6.82. The van der Waals surface area contributed by atoms with Gasteiger partial charge in [-0.1, -0.05) is 51.1 Å². The maximum Gasteiger partial charge on any atom is 0.244 e. The first-order valence-electron chi connectivity index (χ1n) is 7.84. The Morgan fingerprint density at radius 3 is 2.39 bits per heavy atom. The van der Waals surface area contributed by atoms with Crippen LogP contribution in [0.2, 0.25) is 0 Å². The number of nitrogens with one attached hydrogen (secondary N) is 1. The highest BCUT2D eigenvalue weighted by molar-refractivity contribution is 5.87. The average molecular weight is 311 g/mol. The van der Waals surface area contributed by atoms with E-state index in [0.29, 0.717) is 0 Å². The number of imidazole rings is 1. The lowest BCUT2D eigenvalue weighted by Gasteiger charge is -2.22. The highest BCUT2D eigenvalue weighted by atomic mass is 16.1. The van der Waals surface area contributed by atoms with Gasteiger partial charge in [0.15, 0.2) is 0 Å². The van der Waals surface area contributed by atoms with Crippen molar-refractivity contribution in [2.24, 2.45) is 7.05 Å². The Labute approximate surface area is 138 Å². The lowest BCUT2D eigenvalue weighted by Crippen LogP contribution is -2.29. The van der Waals surface area contributed by atoms with Gasteiger partial charge in [0, 0.05) is 19.4 Å². The van der Waals surface area contributed by atoms with E-state index in [9.17, 15) is 4.79 Å². The summed E-state index contributed by atoms with van der Waals surface area (Å²) in [6.45, 7) is 8.39. The number of rotatable bonds is 4. The zero-order valence-corrected chi connectivity index (χ0v) is 14.5. The smallest absolute Gasteiger partial charge is 0.244 e. The van der Waals surface area contributed by atoms with Crippen LogP contribution in [0.1, 0.15) is 50.7 Å². The number of hydrogen-bond acceptors (Lipinski definition) is 2. The first kappa shape index (κ1) is 17.0. The van der Waals surface area contributed by atoms with Crippen molar-refractivity contribution in [1.82, 2.24) is 14.9 Å². The van der Waals surface area contributed by atoms with E-state index in [0.717, 1.165) is 11.4 Å². The number of nitrogens with zero attached hydrogens (tertiary/aromatic N) is 2. The molecule has 1 aromatic heterocycles. The molecule has 1 unspecified atom stereocenters. The molecule has 122 valence electrons. The van der Waals surface area contributed by atoms with Crippen molar-refractivity contribution in [3.63, 3.8) is 0 Å². The fourth-order valence-electron chi connectivity index (χ4n) is 2.47. The lowest BCUT2D eigenvalue weighted by atomic mass is 9.86. The fourth-order valence-corrected chi connectivity index (χ4v) is 2.47. The topological polar surface area (TPSA) is 46.9 Å². The highest BCUT2D eigenvalue weighted by Gasteiger charge is 2.21. The van der Waals surface area contributed by atoms with Gasteiger partial charge in [0.2, 0.25) is 5.91 Å². The van der Waals surface area contributed by atoms with E-state index in [4.69, 9.17) is 0 Å². The molecule has 4 nitrogen and oxygen atoms in total. The maximum atomic E-state index is 12.0. The van der Waals surface area contributed by atoms with Crippen LogP contribution >= 0.6 is 0 Å². The summed E-state index contributed by atoms with van der Waals surface area (Å²) in [4.78, 5) is 16.4. The number of aromatic nitrogens is 2. The Bertz CT molecular complexity index is 690. The van der Waals surface area contributed by atoms with Crippen LogP contribution in [0, 0.1) is 0 Å². The quantitative estimate of drug-likeness (QED) is 0.879. The molecule has 2 rings (SSSR count). The van der Waals surface area contributed by atoms with Crippen LogP contribution in [-0.2, 0) is 17.3 Å². The van der Waals surface area contributed by atoms with E-state index >= 15 is 0 Å². The number of amides is 1. The van der Waals surface area contributed by atoms with Crippen LogP contribution in [0.3, 0.4) is 0 Å². The summed E-state index contributed by atoms with van der Waals surface area (Å²) in [5.74, 6) is 0.687. The van der Waals surface area contributed by atoms with Gasteiger partial charge >= 0.3 is 0 Å². The Hall–Kier alpha value is -2.36. The predicted molar refractivity (Wildman–Crippen MR) is 93.1 cm³/mol. The molecule has 1 heterocycles. The molecule has 0 aliphatic carbocycles. The van der Waals surface area contributed by atoms with Gasteiger partial charge in [-0.15, -0.1) is 0 Å². The summed E-state index contributed by atoms with van der Waals surface area (Å²) in [6.07, 6.45) is 6.88. The number of carbonyl (C=O) groups excluding carboxylic acids is 1. The zero-order valence-electron chi connectivity index (χ0n) is 14.5. The Kier molecular flexibility index (Phi) is 5.04. The van der Waals surface area contributed by atoms with Gasteiger partial charge < -0.3 is 9.88 Å². The summed E-state index contributed by atoms with van der Waals surface area (Å²) in [5.41, 5.74) is 2.38. The van der Waals surface area contributed by atoms with Crippen LogP contribution in [0.5, 0.6) is 0 Å². The standard InChI is InChI=1S/C19H25N3O/c1-6-7-16(23)21-17(18-20-12-13-22(18)5)14-8-10-15(11-9-14)19(2,3)4/h6-13,17H,1-5H3,(H,21,23)/b7-6+. The summed E-state index contributed by atoms with van der Waals surface area (Å²) >= 11 is 0. The molecule has 0 radical (unpaired) electrons. The van der Waals surface area contributed by atoms with Crippen molar-refractivity contribution in [1.29, 1.82) is 0 Å². The minimum Gasteiger partial charge on any atom is -0.339 e. The Balaban J connectivity index is 2.37. The van der Waals surface area contributed by atoms with E-state index < -0.39 is 0 Å². The number of aryl methyl sites for hydroxylation is 1. The predicted octanol–water partition coefficient (Wildman–Crippen LogP) is 3.50. The molecule has 0 aliphatic heterocycles. The van der Waals surface area contributed by atoms with Gasteiger partial charge in [-0.05, 0) is 29.5 Å². The molecule has 4 heteroatoms. The molecule has 1 atom stereocenters. The third kappa shape index (κ3) is 4.09. The minimum absolute atomic E-state index is 0.103. The minimum atomic E-state index is -0.271. The largest absolute Gasteiger partial charge is 0.339 e. The SMILES string of the molecule is C/C=C/C(=O)NC(c1ccc(C(C)(C)C)cc1)c1nccn1C. The Morgan fingerprint density at radius 2 is 1.91 bits per heavy atom.